The topological polar surface area (TPSA) is 90.8 Å². The molecule has 0 saturated carbocycles. The van der Waals surface area contributed by atoms with Crippen LogP contribution in [0.15, 0.2) is 23.2 Å². The Kier molecular flexibility index (Phi) is 3.75. The lowest BCUT2D eigenvalue weighted by atomic mass is 9.84. The Bertz CT molecular complexity index is 611. The van der Waals surface area contributed by atoms with Crippen molar-refractivity contribution in [2.24, 2.45) is 10.7 Å². The number of hydrogen-bond acceptors (Lipinski definition) is 5. The van der Waals surface area contributed by atoms with Crippen LogP contribution in [0.4, 0.5) is 18.9 Å². The summed E-state index contributed by atoms with van der Waals surface area (Å²) in [5, 5.41) is 10.8. The average molecular weight is 303 g/mol. The van der Waals surface area contributed by atoms with Crippen LogP contribution in [-0.2, 0) is 10.3 Å². The number of amidine groups is 1. The Hall–Kier alpha value is -2.32. The fourth-order valence-corrected chi connectivity index (χ4v) is 2.23. The summed E-state index contributed by atoms with van der Waals surface area (Å²) >= 11 is 0. The summed E-state index contributed by atoms with van der Waals surface area (Å²) in [6, 6.07) is 2.13. The van der Waals surface area contributed by atoms with Gasteiger partial charge in [-0.15, -0.1) is 0 Å². The van der Waals surface area contributed by atoms with E-state index in [1.54, 1.807) is 0 Å². The van der Waals surface area contributed by atoms with Crippen LogP contribution in [0.3, 0.4) is 0 Å². The molecule has 0 unspecified atom stereocenters. The fraction of sp³-hybridized carbons (Fsp3) is 0.417. The predicted molar refractivity (Wildman–Crippen MR) is 67.8 cm³/mol. The first-order chi connectivity index (χ1) is 9.79. The first-order valence-electron chi connectivity index (χ1n) is 5.96. The molecule has 6 nitrogen and oxygen atoms in total. The SMILES string of the molecule is C[C@]1(c2cc([N+](=O)[O-])ccc2F)N=C(N)O[C@@H](CF)[C@@H]1F. The second-order valence-corrected chi connectivity index (χ2v) is 4.73. The zero-order valence-corrected chi connectivity index (χ0v) is 10.9. The van der Waals surface area contributed by atoms with Crippen LogP contribution < -0.4 is 5.73 Å². The van der Waals surface area contributed by atoms with E-state index in [4.69, 9.17) is 10.5 Å². The van der Waals surface area contributed by atoms with E-state index in [9.17, 15) is 23.3 Å². The fourth-order valence-electron chi connectivity index (χ4n) is 2.23. The molecular formula is C12H12F3N3O3. The van der Waals surface area contributed by atoms with Gasteiger partial charge in [0, 0.05) is 17.7 Å². The van der Waals surface area contributed by atoms with Gasteiger partial charge < -0.3 is 10.5 Å². The molecule has 0 fully saturated rings. The lowest BCUT2D eigenvalue weighted by Crippen LogP contribution is -2.50. The summed E-state index contributed by atoms with van der Waals surface area (Å²) in [6.45, 7) is -0.0125. The van der Waals surface area contributed by atoms with Gasteiger partial charge in [0.05, 0.1) is 4.92 Å². The van der Waals surface area contributed by atoms with Gasteiger partial charge in [-0.2, -0.15) is 0 Å². The number of alkyl halides is 2. The molecule has 0 bridgehead atoms. The van der Waals surface area contributed by atoms with Crippen LogP contribution in [-0.4, -0.2) is 29.9 Å². The summed E-state index contributed by atoms with van der Waals surface area (Å²) in [5.74, 6) is -0.901. The number of benzene rings is 1. The van der Waals surface area contributed by atoms with Crippen molar-refractivity contribution < 1.29 is 22.8 Å². The highest BCUT2D eigenvalue weighted by Crippen LogP contribution is 2.39. The van der Waals surface area contributed by atoms with Gasteiger partial charge in [0.1, 0.15) is 18.0 Å². The maximum atomic E-state index is 14.4. The highest BCUT2D eigenvalue weighted by atomic mass is 19.1. The third kappa shape index (κ3) is 2.50. The van der Waals surface area contributed by atoms with Crippen molar-refractivity contribution >= 4 is 11.7 Å². The first kappa shape index (κ1) is 15.1. The molecule has 1 aliphatic heterocycles. The molecule has 0 radical (unpaired) electrons. The standard InChI is InChI=1S/C12H12F3N3O3/c1-12(10(15)9(5-13)21-11(16)17-12)7-4-6(18(19)20)2-3-8(7)14/h2-4,9-10H,5H2,1H3,(H2,16,17)/t9-,10-,12+/m0/s1. The van der Waals surface area contributed by atoms with E-state index in [0.29, 0.717) is 0 Å². The monoisotopic (exact) mass is 303 g/mol. The predicted octanol–water partition coefficient (Wildman–Crippen LogP) is 1.97. The van der Waals surface area contributed by atoms with E-state index < -0.39 is 46.9 Å². The van der Waals surface area contributed by atoms with Crippen LogP contribution in [0.2, 0.25) is 0 Å². The molecule has 0 saturated heterocycles. The minimum atomic E-state index is -2.05. The molecule has 2 N–H and O–H groups in total. The van der Waals surface area contributed by atoms with Gasteiger partial charge in [-0.3, -0.25) is 10.1 Å². The molecule has 2 rings (SSSR count). The lowest BCUT2D eigenvalue weighted by molar-refractivity contribution is -0.385. The molecular weight excluding hydrogens is 291 g/mol. The van der Waals surface area contributed by atoms with Gasteiger partial charge >= 0.3 is 0 Å². The highest BCUT2D eigenvalue weighted by Gasteiger charge is 2.48. The summed E-state index contributed by atoms with van der Waals surface area (Å²) in [7, 11) is 0. The van der Waals surface area contributed by atoms with Crippen molar-refractivity contribution in [2.45, 2.75) is 24.7 Å². The number of aliphatic imine (C=N–C) groups is 1. The van der Waals surface area contributed by atoms with Gasteiger partial charge in [-0.1, -0.05) is 0 Å². The number of nitrogens with zero attached hydrogens (tertiary/aromatic N) is 2. The van der Waals surface area contributed by atoms with Crippen LogP contribution in [0.25, 0.3) is 0 Å². The average Bonchev–Trinajstić information content (AvgIpc) is 2.42. The van der Waals surface area contributed by atoms with Crippen LogP contribution >= 0.6 is 0 Å². The minimum Gasteiger partial charge on any atom is -0.456 e. The van der Waals surface area contributed by atoms with Crippen molar-refractivity contribution in [1.82, 2.24) is 0 Å². The van der Waals surface area contributed by atoms with Crippen molar-refractivity contribution in [1.29, 1.82) is 0 Å². The van der Waals surface area contributed by atoms with E-state index in [1.165, 1.54) is 6.92 Å². The molecule has 1 heterocycles. The van der Waals surface area contributed by atoms with Crippen molar-refractivity contribution in [3.05, 3.63) is 39.7 Å². The number of nitrogens with two attached hydrogens (primary N) is 1. The van der Waals surface area contributed by atoms with E-state index in [0.717, 1.165) is 18.2 Å². The highest BCUT2D eigenvalue weighted by molar-refractivity contribution is 5.73. The molecule has 3 atom stereocenters. The van der Waals surface area contributed by atoms with Gasteiger partial charge in [0.25, 0.3) is 11.7 Å². The van der Waals surface area contributed by atoms with E-state index in [2.05, 4.69) is 4.99 Å². The molecule has 1 aromatic carbocycles. The number of halogens is 3. The molecule has 1 aliphatic rings. The number of rotatable bonds is 3. The number of nitro benzene ring substituents is 1. The molecule has 0 spiro atoms. The van der Waals surface area contributed by atoms with Gasteiger partial charge in [-0.25, -0.2) is 18.2 Å². The quantitative estimate of drug-likeness (QED) is 0.682. The van der Waals surface area contributed by atoms with E-state index in [-0.39, 0.29) is 5.56 Å². The third-order valence-corrected chi connectivity index (χ3v) is 3.34. The molecule has 0 amide bonds. The van der Waals surface area contributed by atoms with Crippen molar-refractivity contribution in [3.63, 3.8) is 0 Å². The minimum absolute atomic E-state index is 0.381. The maximum absolute atomic E-state index is 14.4. The number of hydrogen-bond donors (Lipinski definition) is 1. The van der Waals surface area contributed by atoms with Crippen LogP contribution in [0, 0.1) is 15.9 Å². The Morgan fingerprint density at radius 1 is 1.57 bits per heavy atom. The molecule has 0 aliphatic carbocycles. The second kappa shape index (κ2) is 5.23. The molecule has 21 heavy (non-hydrogen) atoms. The molecule has 9 heteroatoms. The lowest BCUT2D eigenvalue weighted by Gasteiger charge is -2.37. The normalized spacial score (nSPS) is 28.7. The van der Waals surface area contributed by atoms with Crippen molar-refractivity contribution in [3.8, 4) is 0 Å². The Labute approximate surface area is 117 Å². The molecule has 0 aromatic heterocycles. The maximum Gasteiger partial charge on any atom is 0.283 e. The largest absolute Gasteiger partial charge is 0.456 e. The number of ether oxygens (including phenoxy) is 1. The number of non-ortho nitro benzene ring substituents is 1. The molecule has 114 valence electrons. The second-order valence-electron chi connectivity index (χ2n) is 4.73. The van der Waals surface area contributed by atoms with E-state index in [1.807, 2.05) is 0 Å². The summed E-state index contributed by atoms with van der Waals surface area (Å²) in [5.41, 5.74) is 2.64. The van der Waals surface area contributed by atoms with Crippen LogP contribution in [0.1, 0.15) is 12.5 Å². The van der Waals surface area contributed by atoms with Crippen molar-refractivity contribution in [2.75, 3.05) is 6.67 Å². The Balaban J connectivity index is 2.59. The van der Waals surface area contributed by atoms with Crippen LogP contribution in [0.5, 0.6) is 0 Å². The van der Waals surface area contributed by atoms with Gasteiger partial charge in [-0.05, 0) is 13.0 Å². The Morgan fingerprint density at radius 2 is 2.24 bits per heavy atom. The smallest absolute Gasteiger partial charge is 0.283 e. The Morgan fingerprint density at radius 3 is 2.81 bits per heavy atom. The zero-order valence-electron chi connectivity index (χ0n) is 10.9. The first-order valence-corrected chi connectivity index (χ1v) is 5.96. The zero-order chi connectivity index (χ0) is 15.8. The molecule has 1 aromatic rings. The van der Waals surface area contributed by atoms with Gasteiger partial charge in [0.15, 0.2) is 12.3 Å². The van der Waals surface area contributed by atoms with E-state index >= 15 is 0 Å². The summed E-state index contributed by atoms with van der Waals surface area (Å²) < 4.78 is 45.9. The third-order valence-electron chi connectivity index (χ3n) is 3.34. The summed E-state index contributed by atoms with van der Waals surface area (Å²) in [6.07, 6.45) is -3.60. The summed E-state index contributed by atoms with van der Waals surface area (Å²) in [4.78, 5) is 13.7. The van der Waals surface area contributed by atoms with Gasteiger partial charge in [0.2, 0.25) is 0 Å². The number of nitro groups is 1.